The minimum absolute atomic E-state index is 0.608. The second-order valence-corrected chi connectivity index (χ2v) is 3.94. The smallest absolute Gasteiger partial charge is 0.143 e. The Kier molecular flexibility index (Phi) is 2.27. The van der Waals surface area contributed by atoms with E-state index in [0.717, 1.165) is 22.4 Å². The van der Waals surface area contributed by atoms with Crippen LogP contribution in [0.15, 0.2) is 36.9 Å². The summed E-state index contributed by atoms with van der Waals surface area (Å²) in [7, 11) is 1.93. The predicted octanol–water partition coefficient (Wildman–Crippen LogP) is 1.90. The van der Waals surface area contributed by atoms with Crippen LogP contribution in [0.3, 0.4) is 0 Å². The van der Waals surface area contributed by atoms with E-state index in [1.807, 2.05) is 17.7 Å². The zero-order valence-corrected chi connectivity index (χ0v) is 9.70. The van der Waals surface area contributed by atoms with Crippen molar-refractivity contribution in [2.75, 3.05) is 0 Å². The van der Waals surface area contributed by atoms with Gasteiger partial charge in [-0.1, -0.05) is 0 Å². The van der Waals surface area contributed by atoms with Gasteiger partial charge < -0.3 is 4.57 Å². The van der Waals surface area contributed by atoms with Gasteiger partial charge in [-0.15, -0.1) is 0 Å². The van der Waals surface area contributed by atoms with Gasteiger partial charge in [0.05, 0.1) is 28.2 Å². The van der Waals surface area contributed by atoms with Crippen molar-refractivity contribution in [1.29, 1.82) is 5.26 Å². The topological polar surface area (TPSA) is 67.4 Å². The Bertz CT molecular complexity index is 752. The summed E-state index contributed by atoms with van der Waals surface area (Å²) in [5.74, 6) is 0.792. The van der Waals surface area contributed by atoms with Crippen LogP contribution in [0.5, 0.6) is 0 Å². The van der Waals surface area contributed by atoms with Gasteiger partial charge in [-0.3, -0.25) is 0 Å². The zero-order chi connectivity index (χ0) is 12.5. The standard InChI is InChI=1S/C13H9N5/c1-18-12-3-2-9(5-14)4-11(12)17-13(18)10-6-15-8-16-7-10/h2-4,6-8H,1H3. The molecule has 0 amide bonds. The quantitative estimate of drug-likeness (QED) is 0.646. The summed E-state index contributed by atoms with van der Waals surface area (Å²) in [5.41, 5.74) is 3.24. The fourth-order valence-electron chi connectivity index (χ4n) is 1.94. The summed E-state index contributed by atoms with van der Waals surface area (Å²) in [5, 5.41) is 8.89. The van der Waals surface area contributed by atoms with Crippen molar-refractivity contribution in [2.45, 2.75) is 0 Å². The van der Waals surface area contributed by atoms with E-state index in [1.54, 1.807) is 24.5 Å². The zero-order valence-electron chi connectivity index (χ0n) is 9.70. The highest BCUT2D eigenvalue weighted by Gasteiger charge is 2.10. The first-order chi connectivity index (χ1) is 8.79. The third-order valence-electron chi connectivity index (χ3n) is 2.83. The van der Waals surface area contributed by atoms with Crippen LogP contribution < -0.4 is 0 Å². The van der Waals surface area contributed by atoms with Crippen LogP contribution in [0.1, 0.15) is 5.56 Å². The van der Waals surface area contributed by atoms with Crippen LogP contribution in [-0.4, -0.2) is 19.5 Å². The molecule has 5 heteroatoms. The number of rotatable bonds is 1. The first kappa shape index (κ1) is 10.4. The van der Waals surface area contributed by atoms with E-state index in [0.29, 0.717) is 5.56 Å². The van der Waals surface area contributed by atoms with E-state index in [-0.39, 0.29) is 0 Å². The molecule has 18 heavy (non-hydrogen) atoms. The summed E-state index contributed by atoms with van der Waals surface area (Å²) in [6.07, 6.45) is 4.93. The molecule has 0 N–H and O–H groups in total. The molecule has 0 fully saturated rings. The molecule has 0 bridgehead atoms. The van der Waals surface area contributed by atoms with E-state index >= 15 is 0 Å². The van der Waals surface area contributed by atoms with Crippen LogP contribution in [0, 0.1) is 11.3 Å². The van der Waals surface area contributed by atoms with Crippen molar-refractivity contribution >= 4 is 11.0 Å². The number of nitriles is 1. The van der Waals surface area contributed by atoms with Gasteiger partial charge in [0, 0.05) is 19.4 Å². The minimum atomic E-state index is 0.608. The number of aromatic nitrogens is 4. The van der Waals surface area contributed by atoms with Crippen molar-refractivity contribution in [3.05, 3.63) is 42.5 Å². The SMILES string of the molecule is Cn1c(-c2cncnc2)nc2cc(C#N)ccc21. The molecule has 0 radical (unpaired) electrons. The van der Waals surface area contributed by atoms with Crippen LogP contribution in [0.4, 0.5) is 0 Å². The number of benzene rings is 1. The molecule has 5 nitrogen and oxygen atoms in total. The van der Waals surface area contributed by atoms with E-state index in [2.05, 4.69) is 21.0 Å². The average Bonchev–Trinajstić information content (AvgIpc) is 2.76. The maximum Gasteiger partial charge on any atom is 0.143 e. The Labute approximate surface area is 103 Å². The molecule has 0 aliphatic rings. The Morgan fingerprint density at radius 3 is 2.72 bits per heavy atom. The maximum atomic E-state index is 8.89. The fourth-order valence-corrected chi connectivity index (χ4v) is 1.94. The van der Waals surface area contributed by atoms with Gasteiger partial charge >= 0.3 is 0 Å². The first-order valence-corrected chi connectivity index (χ1v) is 5.41. The van der Waals surface area contributed by atoms with Crippen LogP contribution in [0.25, 0.3) is 22.4 Å². The van der Waals surface area contributed by atoms with Gasteiger partial charge in [0.1, 0.15) is 12.2 Å². The molecule has 0 spiro atoms. The lowest BCUT2D eigenvalue weighted by molar-refractivity contribution is 0.954. The van der Waals surface area contributed by atoms with Crippen molar-refractivity contribution in [1.82, 2.24) is 19.5 Å². The van der Waals surface area contributed by atoms with Crippen LogP contribution >= 0.6 is 0 Å². The number of fused-ring (bicyclic) bond motifs is 1. The molecule has 0 aliphatic carbocycles. The fraction of sp³-hybridized carbons (Fsp3) is 0.0769. The average molecular weight is 235 g/mol. The third-order valence-corrected chi connectivity index (χ3v) is 2.83. The van der Waals surface area contributed by atoms with Gasteiger partial charge in [-0.05, 0) is 18.2 Å². The second kappa shape index (κ2) is 3.93. The molecule has 3 rings (SSSR count). The Morgan fingerprint density at radius 2 is 2.00 bits per heavy atom. The third kappa shape index (κ3) is 1.52. The number of nitrogens with zero attached hydrogens (tertiary/aromatic N) is 5. The van der Waals surface area contributed by atoms with Crippen LogP contribution in [0.2, 0.25) is 0 Å². The molecule has 0 unspecified atom stereocenters. The molecule has 0 atom stereocenters. The highest BCUT2D eigenvalue weighted by atomic mass is 15.1. The molecule has 86 valence electrons. The van der Waals surface area contributed by atoms with E-state index < -0.39 is 0 Å². The van der Waals surface area contributed by atoms with E-state index in [9.17, 15) is 0 Å². The molecule has 3 aromatic rings. The summed E-state index contributed by atoms with van der Waals surface area (Å²) >= 11 is 0. The molecule has 0 saturated heterocycles. The molecule has 2 aromatic heterocycles. The molecule has 2 heterocycles. The molecular weight excluding hydrogens is 226 g/mol. The lowest BCUT2D eigenvalue weighted by Crippen LogP contribution is -1.93. The largest absolute Gasteiger partial charge is 0.327 e. The number of hydrogen-bond donors (Lipinski definition) is 0. The highest BCUT2D eigenvalue weighted by Crippen LogP contribution is 2.23. The molecule has 1 aromatic carbocycles. The monoisotopic (exact) mass is 235 g/mol. The predicted molar refractivity (Wildman–Crippen MR) is 66.5 cm³/mol. The first-order valence-electron chi connectivity index (χ1n) is 5.41. The van der Waals surface area contributed by atoms with Crippen molar-refractivity contribution in [2.24, 2.45) is 7.05 Å². The van der Waals surface area contributed by atoms with Gasteiger partial charge in [0.15, 0.2) is 0 Å². The van der Waals surface area contributed by atoms with Crippen molar-refractivity contribution in [3.8, 4) is 17.5 Å². The highest BCUT2D eigenvalue weighted by molar-refractivity contribution is 5.81. The minimum Gasteiger partial charge on any atom is -0.327 e. The Morgan fingerprint density at radius 1 is 1.22 bits per heavy atom. The molecular formula is C13H9N5. The van der Waals surface area contributed by atoms with Gasteiger partial charge in [-0.25, -0.2) is 15.0 Å². The lowest BCUT2D eigenvalue weighted by atomic mass is 10.2. The normalized spacial score (nSPS) is 10.4. The summed E-state index contributed by atoms with van der Waals surface area (Å²) < 4.78 is 1.97. The summed E-state index contributed by atoms with van der Waals surface area (Å²) in [6, 6.07) is 7.58. The van der Waals surface area contributed by atoms with Crippen molar-refractivity contribution in [3.63, 3.8) is 0 Å². The van der Waals surface area contributed by atoms with E-state index in [1.165, 1.54) is 6.33 Å². The van der Waals surface area contributed by atoms with Gasteiger partial charge in [0.2, 0.25) is 0 Å². The number of hydrogen-bond acceptors (Lipinski definition) is 4. The Balaban J connectivity index is 2.27. The Hall–Kier alpha value is -2.74. The van der Waals surface area contributed by atoms with Crippen molar-refractivity contribution < 1.29 is 0 Å². The van der Waals surface area contributed by atoms with E-state index in [4.69, 9.17) is 5.26 Å². The number of aryl methyl sites for hydroxylation is 1. The van der Waals surface area contributed by atoms with Crippen LogP contribution in [-0.2, 0) is 7.05 Å². The lowest BCUT2D eigenvalue weighted by Gasteiger charge is -2.00. The molecule has 0 saturated carbocycles. The van der Waals surface area contributed by atoms with Gasteiger partial charge in [-0.2, -0.15) is 5.26 Å². The maximum absolute atomic E-state index is 8.89. The summed E-state index contributed by atoms with van der Waals surface area (Å²) in [4.78, 5) is 12.5. The summed E-state index contributed by atoms with van der Waals surface area (Å²) in [6.45, 7) is 0. The van der Waals surface area contributed by atoms with Gasteiger partial charge in [0.25, 0.3) is 0 Å². The number of imidazole rings is 1. The molecule has 0 aliphatic heterocycles. The second-order valence-electron chi connectivity index (χ2n) is 3.94.